The van der Waals surface area contributed by atoms with E-state index in [-0.39, 0.29) is 18.1 Å². The highest BCUT2D eigenvalue weighted by Gasteiger charge is 2.24. The number of nitrogens with zero attached hydrogens (tertiary/aromatic N) is 1. The van der Waals surface area contributed by atoms with Gasteiger partial charge < -0.3 is 15.4 Å². The van der Waals surface area contributed by atoms with Gasteiger partial charge in [-0.2, -0.15) is 0 Å². The van der Waals surface area contributed by atoms with Crippen LogP contribution < -0.4 is 10.6 Å². The summed E-state index contributed by atoms with van der Waals surface area (Å²) in [6, 6.07) is 0.246. The molecule has 94 valence electrons. The van der Waals surface area contributed by atoms with Crippen LogP contribution in [0.25, 0.3) is 0 Å². The molecule has 5 heteroatoms. The predicted octanol–water partition coefficient (Wildman–Crippen LogP) is -0.569. The fourth-order valence-corrected chi connectivity index (χ4v) is 1.80. The van der Waals surface area contributed by atoms with E-state index in [2.05, 4.69) is 17.6 Å². The Balaban J connectivity index is 2.33. The van der Waals surface area contributed by atoms with Gasteiger partial charge in [0.1, 0.15) is 0 Å². The van der Waals surface area contributed by atoms with Gasteiger partial charge in [0.15, 0.2) is 0 Å². The Kier molecular flexibility index (Phi) is 5.73. The van der Waals surface area contributed by atoms with Gasteiger partial charge in [0.2, 0.25) is 5.91 Å². The van der Waals surface area contributed by atoms with Crippen LogP contribution in [0.15, 0.2) is 0 Å². The first kappa shape index (κ1) is 13.4. The molecule has 0 saturated carbocycles. The van der Waals surface area contributed by atoms with Crippen LogP contribution in [0.2, 0.25) is 0 Å². The first-order valence-electron chi connectivity index (χ1n) is 5.94. The summed E-state index contributed by atoms with van der Waals surface area (Å²) in [6.07, 6.45) is 0.174. The lowest BCUT2D eigenvalue weighted by molar-refractivity contribution is -0.123. The van der Waals surface area contributed by atoms with Crippen molar-refractivity contribution in [2.75, 3.05) is 39.8 Å². The topological polar surface area (TPSA) is 53.6 Å². The molecular formula is C11H23N3O2. The number of hydrogen-bond acceptors (Lipinski definition) is 4. The van der Waals surface area contributed by atoms with E-state index in [1.54, 1.807) is 0 Å². The number of nitrogens with one attached hydrogen (secondary N) is 2. The molecule has 1 aliphatic rings. The first-order chi connectivity index (χ1) is 7.65. The van der Waals surface area contributed by atoms with Gasteiger partial charge in [-0.3, -0.25) is 9.69 Å². The van der Waals surface area contributed by atoms with Crippen LogP contribution in [0, 0.1) is 0 Å². The van der Waals surface area contributed by atoms with Crippen molar-refractivity contribution < 1.29 is 9.53 Å². The average molecular weight is 229 g/mol. The lowest BCUT2D eigenvalue weighted by Gasteiger charge is -2.34. The van der Waals surface area contributed by atoms with Gasteiger partial charge >= 0.3 is 0 Å². The number of ether oxygens (including phenoxy) is 1. The van der Waals surface area contributed by atoms with Crippen molar-refractivity contribution in [3.05, 3.63) is 0 Å². The summed E-state index contributed by atoms with van der Waals surface area (Å²) in [7, 11) is 1.96. The minimum atomic E-state index is 0.0700. The van der Waals surface area contributed by atoms with E-state index in [1.807, 2.05) is 18.9 Å². The minimum absolute atomic E-state index is 0.0700. The molecule has 0 spiro atoms. The van der Waals surface area contributed by atoms with Gasteiger partial charge in [-0.1, -0.05) is 0 Å². The quantitative estimate of drug-likeness (QED) is 0.663. The summed E-state index contributed by atoms with van der Waals surface area (Å²) < 4.78 is 5.67. The normalized spacial score (nSPS) is 23.1. The number of rotatable bonds is 5. The number of carbonyl (C=O) groups is 1. The fraction of sp³-hybridized carbons (Fsp3) is 0.909. The Bertz CT molecular complexity index is 217. The van der Waals surface area contributed by atoms with E-state index in [0.29, 0.717) is 13.1 Å². The smallest absolute Gasteiger partial charge is 0.234 e. The Hall–Kier alpha value is -0.650. The van der Waals surface area contributed by atoms with Crippen LogP contribution in [-0.2, 0) is 9.53 Å². The molecule has 1 heterocycles. The highest BCUT2D eigenvalue weighted by molar-refractivity contribution is 5.77. The van der Waals surface area contributed by atoms with Crippen molar-refractivity contribution >= 4 is 5.91 Å². The van der Waals surface area contributed by atoms with Gasteiger partial charge in [-0.25, -0.2) is 0 Å². The molecular weight excluding hydrogens is 206 g/mol. The van der Waals surface area contributed by atoms with Crippen molar-refractivity contribution in [1.82, 2.24) is 15.5 Å². The second kappa shape index (κ2) is 6.83. The zero-order valence-electron chi connectivity index (χ0n) is 10.5. The third-order valence-corrected chi connectivity index (χ3v) is 2.96. The van der Waals surface area contributed by atoms with Crippen LogP contribution in [0.3, 0.4) is 0 Å². The largest absolute Gasteiger partial charge is 0.374 e. The Morgan fingerprint density at radius 3 is 3.00 bits per heavy atom. The van der Waals surface area contributed by atoms with Gasteiger partial charge in [0.25, 0.3) is 0 Å². The second-order valence-corrected chi connectivity index (χ2v) is 4.22. The zero-order valence-corrected chi connectivity index (χ0v) is 10.5. The van der Waals surface area contributed by atoms with Crippen molar-refractivity contribution in [2.24, 2.45) is 0 Å². The molecule has 1 saturated heterocycles. The van der Waals surface area contributed by atoms with Gasteiger partial charge in [-0.15, -0.1) is 0 Å². The second-order valence-electron chi connectivity index (χ2n) is 4.22. The molecule has 1 rings (SSSR count). The van der Waals surface area contributed by atoms with Crippen LogP contribution in [0.5, 0.6) is 0 Å². The monoisotopic (exact) mass is 229 g/mol. The molecule has 2 N–H and O–H groups in total. The average Bonchev–Trinajstić information content (AvgIpc) is 2.29. The maximum absolute atomic E-state index is 11.4. The summed E-state index contributed by atoms with van der Waals surface area (Å²) in [6.45, 7) is 7.66. The number of hydrogen-bond donors (Lipinski definition) is 2. The maximum atomic E-state index is 11.4. The molecule has 0 aromatic rings. The number of morpholine rings is 1. The van der Waals surface area contributed by atoms with Crippen LogP contribution in [0.4, 0.5) is 0 Å². The standard InChI is InChI=1S/C11H23N3O2/c1-4-13-11(15)8-14(3)9(2)10-7-12-5-6-16-10/h9-10,12H,4-8H2,1-3H3,(H,13,15). The molecule has 1 amide bonds. The molecule has 0 aromatic carbocycles. The summed E-state index contributed by atoms with van der Waals surface area (Å²) in [5, 5.41) is 6.09. The van der Waals surface area contributed by atoms with E-state index in [4.69, 9.17) is 4.74 Å². The van der Waals surface area contributed by atoms with E-state index < -0.39 is 0 Å². The molecule has 0 radical (unpaired) electrons. The molecule has 2 unspecified atom stereocenters. The maximum Gasteiger partial charge on any atom is 0.234 e. The zero-order chi connectivity index (χ0) is 12.0. The van der Waals surface area contributed by atoms with Gasteiger partial charge in [-0.05, 0) is 20.9 Å². The number of carbonyl (C=O) groups excluding carboxylic acids is 1. The van der Waals surface area contributed by atoms with Crippen molar-refractivity contribution in [2.45, 2.75) is 26.0 Å². The Labute approximate surface area is 97.5 Å². The highest BCUT2D eigenvalue weighted by atomic mass is 16.5. The fourth-order valence-electron chi connectivity index (χ4n) is 1.80. The van der Waals surface area contributed by atoms with Crippen molar-refractivity contribution in [3.63, 3.8) is 0 Å². The van der Waals surface area contributed by atoms with Crippen LogP contribution >= 0.6 is 0 Å². The summed E-state index contributed by atoms with van der Waals surface area (Å²) in [5.41, 5.74) is 0. The number of amides is 1. The molecule has 5 nitrogen and oxygen atoms in total. The first-order valence-corrected chi connectivity index (χ1v) is 5.94. The van der Waals surface area contributed by atoms with E-state index in [0.717, 1.165) is 19.7 Å². The van der Waals surface area contributed by atoms with E-state index in [9.17, 15) is 4.79 Å². The van der Waals surface area contributed by atoms with Crippen molar-refractivity contribution in [3.8, 4) is 0 Å². The molecule has 16 heavy (non-hydrogen) atoms. The molecule has 0 bridgehead atoms. The molecule has 0 aliphatic carbocycles. The minimum Gasteiger partial charge on any atom is -0.374 e. The Morgan fingerprint density at radius 1 is 1.69 bits per heavy atom. The third kappa shape index (κ3) is 4.08. The highest BCUT2D eigenvalue weighted by Crippen LogP contribution is 2.07. The molecule has 0 aromatic heterocycles. The van der Waals surface area contributed by atoms with Crippen LogP contribution in [0.1, 0.15) is 13.8 Å². The van der Waals surface area contributed by atoms with E-state index in [1.165, 1.54) is 0 Å². The third-order valence-electron chi connectivity index (χ3n) is 2.96. The molecule has 1 aliphatic heterocycles. The SMILES string of the molecule is CCNC(=O)CN(C)C(C)C1CNCCO1. The lowest BCUT2D eigenvalue weighted by Crippen LogP contribution is -2.51. The lowest BCUT2D eigenvalue weighted by atomic mass is 10.1. The summed E-state index contributed by atoms with van der Waals surface area (Å²) >= 11 is 0. The number of likely N-dealkylation sites (N-methyl/N-ethyl adjacent to an activating group) is 2. The molecule has 1 fully saturated rings. The van der Waals surface area contributed by atoms with Crippen molar-refractivity contribution in [1.29, 1.82) is 0 Å². The van der Waals surface area contributed by atoms with Gasteiger partial charge in [0, 0.05) is 25.7 Å². The summed E-state index contributed by atoms with van der Waals surface area (Å²) in [4.78, 5) is 13.5. The van der Waals surface area contributed by atoms with Crippen LogP contribution in [-0.4, -0.2) is 62.8 Å². The molecule has 2 atom stereocenters. The predicted molar refractivity (Wildman–Crippen MR) is 63.4 cm³/mol. The Morgan fingerprint density at radius 2 is 2.44 bits per heavy atom. The van der Waals surface area contributed by atoms with E-state index >= 15 is 0 Å². The van der Waals surface area contributed by atoms with Gasteiger partial charge in [0.05, 0.1) is 19.3 Å². The summed E-state index contributed by atoms with van der Waals surface area (Å²) in [5.74, 6) is 0.0700.